The minimum Gasteiger partial charge on any atom is -0.382 e. The number of nitrogens with one attached hydrogen (secondary N) is 4. The summed E-state index contributed by atoms with van der Waals surface area (Å²) in [5, 5.41) is 11.9. The lowest BCUT2D eigenvalue weighted by Crippen LogP contribution is -2.45. The zero-order chi connectivity index (χ0) is 15.5. The van der Waals surface area contributed by atoms with E-state index in [1.165, 1.54) is 0 Å². The van der Waals surface area contributed by atoms with Crippen LogP contribution in [0.2, 0.25) is 0 Å². The van der Waals surface area contributed by atoms with Crippen LogP contribution < -0.4 is 21.3 Å². The van der Waals surface area contributed by atoms with Crippen LogP contribution in [0.4, 0.5) is 11.4 Å². The Balaban J connectivity index is 1.93. The summed E-state index contributed by atoms with van der Waals surface area (Å²) < 4.78 is 0. The smallest absolute Gasteiger partial charge is 0.251 e. The van der Waals surface area contributed by atoms with Gasteiger partial charge in [-0.1, -0.05) is 0 Å². The maximum Gasteiger partial charge on any atom is 0.251 e. The number of anilines is 2. The maximum absolute atomic E-state index is 12.1. The first kappa shape index (κ1) is 15.2. The van der Waals surface area contributed by atoms with Gasteiger partial charge in [0.1, 0.15) is 0 Å². The number of amides is 2. The first-order valence-electron chi connectivity index (χ1n) is 7.06. The van der Waals surface area contributed by atoms with Crippen molar-refractivity contribution in [2.45, 2.75) is 26.3 Å². The van der Waals surface area contributed by atoms with E-state index in [2.05, 4.69) is 21.3 Å². The molecule has 2 amide bonds. The van der Waals surface area contributed by atoms with E-state index in [-0.39, 0.29) is 23.9 Å². The molecule has 0 spiro atoms. The number of hydrogen-bond acceptors (Lipinski definition) is 4. The fraction of sp³-hybridized carbons (Fsp3) is 0.467. The van der Waals surface area contributed by atoms with Gasteiger partial charge in [0.05, 0.1) is 17.9 Å². The molecule has 0 unspecified atom stereocenters. The van der Waals surface area contributed by atoms with Crippen LogP contribution in [0.25, 0.3) is 0 Å². The molecule has 0 saturated carbocycles. The number of rotatable bonds is 3. The Morgan fingerprint density at radius 2 is 1.81 bits per heavy atom. The summed E-state index contributed by atoms with van der Waals surface area (Å²) in [5.74, 6) is -0.456. The average Bonchev–Trinajstić information content (AvgIpc) is 2.42. The molecule has 6 heteroatoms. The molecule has 0 aliphatic carbocycles. The van der Waals surface area contributed by atoms with Gasteiger partial charge in [0.25, 0.3) is 5.91 Å². The van der Waals surface area contributed by atoms with Gasteiger partial charge in [0, 0.05) is 24.2 Å². The van der Waals surface area contributed by atoms with Crippen LogP contribution in [0.3, 0.4) is 0 Å². The van der Waals surface area contributed by atoms with Gasteiger partial charge < -0.3 is 21.3 Å². The highest BCUT2D eigenvalue weighted by Crippen LogP contribution is 2.25. The first-order chi connectivity index (χ1) is 9.85. The number of hydrogen-bond donors (Lipinski definition) is 4. The van der Waals surface area contributed by atoms with E-state index in [1.807, 2.05) is 26.8 Å². The molecule has 0 bridgehead atoms. The van der Waals surface area contributed by atoms with Gasteiger partial charge in [-0.2, -0.15) is 0 Å². The van der Waals surface area contributed by atoms with Crippen molar-refractivity contribution in [3.8, 4) is 0 Å². The number of benzene rings is 1. The number of fused-ring (bicyclic) bond motifs is 1. The minimum absolute atomic E-state index is 0.0289. The van der Waals surface area contributed by atoms with Crippen molar-refractivity contribution >= 4 is 23.2 Å². The topological polar surface area (TPSA) is 82.3 Å². The van der Waals surface area contributed by atoms with Crippen LogP contribution >= 0.6 is 0 Å². The highest BCUT2D eigenvalue weighted by Gasteiger charge is 2.16. The van der Waals surface area contributed by atoms with Crippen molar-refractivity contribution in [2.75, 3.05) is 30.3 Å². The molecule has 21 heavy (non-hydrogen) atoms. The van der Waals surface area contributed by atoms with Gasteiger partial charge >= 0.3 is 0 Å². The van der Waals surface area contributed by atoms with E-state index >= 15 is 0 Å². The van der Waals surface area contributed by atoms with Crippen molar-refractivity contribution in [3.05, 3.63) is 23.8 Å². The molecule has 1 aliphatic heterocycles. The zero-order valence-corrected chi connectivity index (χ0v) is 12.7. The summed E-state index contributed by atoms with van der Waals surface area (Å²) in [6.07, 6.45) is 0. The maximum atomic E-state index is 12.1. The normalized spacial score (nSPS) is 13.5. The third-order valence-electron chi connectivity index (χ3n) is 2.96. The summed E-state index contributed by atoms with van der Waals surface area (Å²) in [6.45, 7) is 7.36. The van der Waals surface area contributed by atoms with Crippen molar-refractivity contribution in [1.82, 2.24) is 10.6 Å². The van der Waals surface area contributed by atoms with Gasteiger partial charge in [0.15, 0.2) is 0 Å². The zero-order valence-electron chi connectivity index (χ0n) is 12.7. The molecule has 114 valence electrons. The Hall–Kier alpha value is -2.24. The third-order valence-corrected chi connectivity index (χ3v) is 2.96. The van der Waals surface area contributed by atoms with Crippen molar-refractivity contribution < 1.29 is 9.59 Å². The molecule has 1 aromatic carbocycles. The predicted molar refractivity (Wildman–Crippen MR) is 83.7 cm³/mol. The lowest BCUT2D eigenvalue weighted by atomic mass is 10.1. The summed E-state index contributed by atoms with van der Waals surface area (Å²) in [4.78, 5) is 23.7. The fourth-order valence-corrected chi connectivity index (χ4v) is 2.11. The molecule has 0 radical (unpaired) electrons. The molecule has 0 aromatic heterocycles. The van der Waals surface area contributed by atoms with E-state index in [0.29, 0.717) is 5.56 Å². The van der Waals surface area contributed by atoms with Crippen molar-refractivity contribution in [2.24, 2.45) is 0 Å². The molecule has 0 atom stereocenters. The Morgan fingerprint density at radius 1 is 1.14 bits per heavy atom. The van der Waals surface area contributed by atoms with Crippen molar-refractivity contribution in [3.63, 3.8) is 0 Å². The SMILES string of the molecule is CC(C)(C)NC(=O)CNC(=O)c1ccc2c(c1)NCCN2. The molecule has 0 fully saturated rings. The molecule has 6 nitrogen and oxygen atoms in total. The fourth-order valence-electron chi connectivity index (χ4n) is 2.11. The monoisotopic (exact) mass is 290 g/mol. The van der Waals surface area contributed by atoms with Crippen molar-refractivity contribution in [1.29, 1.82) is 0 Å². The molecule has 2 rings (SSSR count). The Labute approximate surface area is 124 Å². The number of carbonyl (C=O) groups is 2. The minimum atomic E-state index is -0.302. The highest BCUT2D eigenvalue weighted by molar-refractivity contribution is 5.98. The van der Waals surface area contributed by atoms with E-state index in [9.17, 15) is 9.59 Å². The molecule has 4 N–H and O–H groups in total. The van der Waals surface area contributed by atoms with Crippen LogP contribution in [-0.2, 0) is 4.79 Å². The van der Waals surface area contributed by atoms with Crippen LogP contribution in [0, 0.1) is 0 Å². The molecular weight excluding hydrogens is 268 g/mol. The first-order valence-corrected chi connectivity index (χ1v) is 7.06. The lowest BCUT2D eigenvalue weighted by molar-refractivity contribution is -0.121. The Kier molecular flexibility index (Phi) is 4.35. The van der Waals surface area contributed by atoms with E-state index in [4.69, 9.17) is 0 Å². The Morgan fingerprint density at radius 3 is 2.48 bits per heavy atom. The molecular formula is C15H22N4O2. The van der Waals surface area contributed by atoms with Gasteiger partial charge in [0.2, 0.25) is 5.91 Å². The summed E-state index contributed by atoms with van der Waals surface area (Å²) in [5.41, 5.74) is 2.13. The van der Waals surface area contributed by atoms with Gasteiger partial charge in [-0.05, 0) is 39.0 Å². The predicted octanol–water partition coefficient (Wildman–Crippen LogP) is 1.17. The van der Waals surface area contributed by atoms with E-state index in [0.717, 1.165) is 24.5 Å². The van der Waals surface area contributed by atoms with Gasteiger partial charge in [-0.25, -0.2) is 0 Å². The lowest BCUT2D eigenvalue weighted by Gasteiger charge is -2.21. The van der Waals surface area contributed by atoms with Crippen LogP contribution in [0.5, 0.6) is 0 Å². The summed E-state index contributed by atoms with van der Waals surface area (Å²) >= 11 is 0. The van der Waals surface area contributed by atoms with Crippen LogP contribution in [0.1, 0.15) is 31.1 Å². The Bertz CT molecular complexity index is 549. The third kappa shape index (κ3) is 4.37. The van der Waals surface area contributed by atoms with Gasteiger partial charge in [-0.15, -0.1) is 0 Å². The molecule has 1 aromatic rings. The summed E-state index contributed by atoms with van der Waals surface area (Å²) in [6, 6.07) is 5.40. The molecule has 1 heterocycles. The standard InChI is InChI=1S/C15H22N4O2/c1-15(2,3)19-13(20)9-18-14(21)10-4-5-11-12(8-10)17-7-6-16-11/h4-5,8,16-17H,6-7,9H2,1-3H3,(H,18,21)(H,19,20). The molecule has 0 saturated heterocycles. The van der Waals surface area contributed by atoms with Gasteiger partial charge in [-0.3, -0.25) is 9.59 Å². The average molecular weight is 290 g/mol. The van der Waals surface area contributed by atoms with Crippen LogP contribution in [0.15, 0.2) is 18.2 Å². The van der Waals surface area contributed by atoms with E-state index in [1.54, 1.807) is 12.1 Å². The second kappa shape index (κ2) is 6.03. The largest absolute Gasteiger partial charge is 0.382 e. The highest BCUT2D eigenvalue weighted by atomic mass is 16.2. The summed E-state index contributed by atoms with van der Waals surface area (Å²) in [7, 11) is 0. The van der Waals surface area contributed by atoms with Crippen LogP contribution in [-0.4, -0.2) is 37.0 Å². The molecule has 1 aliphatic rings. The second-order valence-corrected chi connectivity index (χ2v) is 6.09. The quantitative estimate of drug-likeness (QED) is 0.673. The second-order valence-electron chi connectivity index (χ2n) is 6.09. The van der Waals surface area contributed by atoms with E-state index < -0.39 is 0 Å². The number of carbonyl (C=O) groups excluding carboxylic acids is 2.